The molecule has 1 aliphatic rings. The molecule has 1 atom stereocenters. The van der Waals surface area contributed by atoms with Crippen LogP contribution in [0, 0.1) is 0 Å². The van der Waals surface area contributed by atoms with Crippen molar-refractivity contribution in [2.24, 2.45) is 5.14 Å². The Balaban J connectivity index is 1.82. The van der Waals surface area contributed by atoms with Gasteiger partial charge >= 0.3 is 0 Å². The van der Waals surface area contributed by atoms with Crippen LogP contribution in [0.3, 0.4) is 0 Å². The highest BCUT2D eigenvalue weighted by molar-refractivity contribution is 7.92. The predicted octanol–water partition coefficient (Wildman–Crippen LogP) is -0.261. The minimum Gasteiger partial charge on any atom is -0.359 e. The third-order valence-corrected chi connectivity index (χ3v) is 8.37. The van der Waals surface area contributed by atoms with Gasteiger partial charge in [0.1, 0.15) is 9.79 Å². The van der Waals surface area contributed by atoms with Crippen molar-refractivity contribution < 1.29 is 16.8 Å². The van der Waals surface area contributed by atoms with Crippen LogP contribution in [0.25, 0.3) is 33.5 Å². The molecule has 1 unspecified atom stereocenters. The zero-order valence-electron chi connectivity index (χ0n) is 18.4. The smallest absolute Gasteiger partial charge is 0.242 e. The molecule has 3 heterocycles. The molecule has 1 aliphatic heterocycles. The summed E-state index contributed by atoms with van der Waals surface area (Å²) in [7, 11) is -7.16. The highest BCUT2D eigenvalue weighted by Gasteiger charge is 2.34. The van der Waals surface area contributed by atoms with Crippen LogP contribution in [-0.2, 0) is 20.0 Å². The molecule has 7 N–H and O–H groups in total. The number of nitrogens with one attached hydrogen (secondary N) is 5. The van der Waals surface area contributed by atoms with Crippen LogP contribution in [0.2, 0.25) is 0 Å². The van der Waals surface area contributed by atoms with Crippen LogP contribution in [0.5, 0.6) is 0 Å². The number of tetrazole rings is 1. The lowest BCUT2D eigenvalue weighted by Gasteiger charge is -2.18. The summed E-state index contributed by atoms with van der Waals surface area (Å²) < 4.78 is 55.0. The molecule has 0 radical (unpaired) electrons. The fraction of sp³-hybridized carbons (Fsp3) is 0.263. The van der Waals surface area contributed by atoms with Gasteiger partial charge in [0.25, 0.3) is 0 Å². The second-order valence-electron chi connectivity index (χ2n) is 7.94. The zero-order chi connectivity index (χ0) is 24.8. The number of fused-ring (bicyclic) bond motifs is 1. The predicted molar refractivity (Wildman–Crippen MR) is 127 cm³/mol. The first-order valence-corrected chi connectivity index (χ1v) is 13.6. The number of imidazole rings is 1. The van der Waals surface area contributed by atoms with Crippen LogP contribution >= 0.6 is 0 Å². The Morgan fingerprint density at radius 2 is 1.94 bits per heavy atom. The molecule has 1 saturated heterocycles. The van der Waals surface area contributed by atoms with Crippen molar-refractivity contribution in [2.45, 2.75) is 22.3 Å². The van der Waals surface area contributed by atoms with Gasteiger partial charge in [0.2, 0.25) is 31.8 Å². The van der Waals surface area contributed by atoms with Crippen molar-refractivity contribution >= 4 is 37.0 Å². The van der Waals surface area contributed by atoms with E-state index in [1.165, 1.54) is 12.1 Å². The van der Waals surface area contributed by atoms with E-state index in [-0.39, 0.29) is 17.4 Å². The Labute approximate surface area is 200 Å². The number of aromatic amines is 2. The maximum atomic E-state index is 13.3. The van der Waals surface area contributed by atoms with Gasteiger partial charge in [-0.2, -0.15) is 5.21 Å². The minimum absolute atomic E-state index is 0.102. The quantitative estimate of drug-likeness (QED) is 0.188. The van der Waals surface area contributed by atoms with Gasteiger partial charge in [0.05, 0.1) is 16.6 Å². The van der Waals surface area contributed by atoms with Gasteiger partial charge in [0.15, 0.2) is 0 Å². The first kappa shape index (κ1) is 23.3. The highest BCUT2D eigenvalue weighted by Crippen LogP contribution is 2.40. The van der Waals surface area contributed by atoms with E-state index in [9.17, 15) is 16.8 Å². The van der Waals surface area contributed by atoms with Crippen molar-refractivity contribution in [3.8, 4) is 22.5 Å². The van der Waals surface area contributed by atoms with Crippen LogP contribution < -0.4 is 20.5 Å². The molecule has 184 valence electrons. The molecule has 14 nitrogen and oxygen atoms in total. The van der Waals surface area contributed by atoms with E-state index in [0.717, 1.165) is 0 Å². The molecule has 0 bridgehead atoms. The number of sulfonamides is 2. The normalized spacial score (nSPS) is 16.7. The number of anilines is 1. The van der Waals surface area contributed by atoms with Crippen LogP contribution in [0.4, 0.5) is 5.95 Å². The van der Waals surface area contributed by atoms with Crippen molar-refractivity contribution in [3.63, 3.8) is 0 Å². The molecule has 1 fully saturated rings. The van der Waals surface area contributed by atoms with Crippen molar-refractivity contribution in [3.05, 3.63) is 30.3 Å². The second kappa shape index (κ2) is 8.65. The minimum atomic E-state index is -4.59. The number of nitrogens with zero attached hydrogens (tertiary/aromatic N) is 4. The van der Waals surface area contributed by atoms with Crippen LogP contribution in [0.15, 0.2) is 40.1 Å². The van der Waals surface area contributed by atoms with Gasteiger partial charge in [-0.3, -0.25) is 0 Å². The Hall–Kier alpha value is -3.44. The van der Waals surface area contributed by atoms with Gasteiger partial charge in [-0.25, -0.2) is 31.7 Å². The molecule has 2 aromatic heterocycles. The third kappa shape index (κ3) is 4.25. The third-order valence-electron chi connectivity index (χ3n) is 5.69. The molecule has 4 aromatic rings. The number of benzene rings is 2. The SMILES string of the molecule is CNc1nc2c(-c3ccc(S(=O)(=O)NC4CCNC4)c(S(N)(=O)=O)c3-c3nn[nH]n3)cccc2[nH]1. The fourth-order valence-corrected chi connectivity index (χ4v) is 7.05. The Bertz CT molecular complexity index is 1610. The van der Waals surface area contributed by atoms with Gasteiger partial charge in [-0.1, -0.05) is 18.2 Å². The Morgan fingerprint density at radius 1 is 1.11 bits per heavy atom. The largest absolute Gasteiger partial charge is 0.359 e. The number of hydrogen-bond acceptors (Lipinski definition) is 10. The molecule has 0 amide bonds. The highest BCUT2D eigenvalue weighted by atomic mass is 32.2. The summed E-state index contributed by atoms with van der Waals surface area (Å²) in [5, 5.41) is 25.3. The number of aromatic nitrogens is 6. The molecule has 16 heteroatoms. The average Bonchev–Trinajstić information content (AvgIpc) is 3.58. The fourth-order valence-electron chi connectivity index (χ4n) is 4.18. The molecular formula is C19H22N10O4S2. The van der Waals surface area contributed by atoms with Gasteiger partial charge in [-0.15, -0.1) is 10.2 Å². The number of hydrogen-bond donors (Lipinski definition) is 6. The lowest BCUT2D eigenvalue weighted by atomic mass is 9.98. The summed E-state index contributed by atoms with van der Waals surface area (Å²) in [5.41, 5.74) is 1.93. The molecule has 35 heavy (non-hydrogen) atoms. The van der Waals surface area contributed by atoms with E-state index in [4.69, 9.17) is 5.14 Å². The Kier molecular flexibility index (Phi) is 5.76. The summed E-state index contributed by atoms with van der Waals surface area (Å²) in [6.45, 7) is 1.07. The lowest BCUT2D eigenvalue weighted by molar-refractivity contribution is 0.555. The van der Waals surface area contributed by atoms with E-state index in [2.05, 4.69) is 45.9 Å². The maximum absolute atomic E-state index is 13.3. The second-order valence-corrected chi connectivity index (χ2v) is 11.1. The van der Waals surface area contributed by atoms with Crippen LogP contribution in [0.1, 0.15) is 6.42 Å². The lowest BCUT2D eigenvalue weighted by Crippen LogP contribution is -2.37. The molecule has 0 spiro atoms. The van der Waals surface area contributed by atoms with Gasteiger partial charge in [0, 0.05) is 25.2 Å². The van der Waals surface area contributed by atoms with E-state index in [0.29, 0.717) is 47.6 Å². The summed E-state index contributed by atoms with van der Waals surface area (Å²) in [6, 6.07) is 7.60. The van der Waals surface area contributed by atoms with Gasteiger partial charge < -0.3 is 15.6 Å². The number of primary sulfonamides is 1. The van der Waals surface area contributed by atoms with E-state index >= 15 is 0 Å². The van der Waals surface area contributed by atoms with E-state index < -0.39 is 29.8 Å². The molecule has 0 aliphatic carbocycles. The number of nitrogens with two attached hydrogens (primary N) is 1. The summed E-state index contributed by atoms with van der Waals surface area (Å²) >= 11 is 0. The summed E-state index contributed by atoms with van der Waals surface area (Å²) in [4.78, 5) is 6.49. The van der Waals surface area contributed by atoms with Crippen LogP contribution in [-0.4, -0.2) is 73.6 Å². The maximum Gasteiger partial charge on any atom is 0.242 e. The Morgan fingerprint density at radius 3 is 2.60 bits per heavy atom. The van der Waals surface area contributed by atoms with Gasteiger partial charge in [-0.05, 0) is 35.9 Å². The standard InChI is InChI=1S/C19H22N10O4S2/c1-21-19-23-13-4-2-3-12(16(13)24-19)11-5-6-14(35(32,33)27-10-7-8-22-9-10)17(34(20,30)31)15(11)18-25-28-29-26-18/h2-6,10,22,27H,7-9H2,1H3,(H2,20,30,31)(H2,21,23,24)(H,25,26,28,29). The zero-order valence-corrected chi connectivity index (χ0v) is 20.0. The topological polar surface area (TPSA) is 214 Å². The molecule has 0 saturated carbocycles. The van der Waals surface area contributed by atoms with E-state index in [1.54, 1.807) is 25.2 Å². The van der Waals surface area contributed by atoms with Crippen molar-refractivity contribution in [1.82, 2.24) is 40.6 Å². The number of rotatable bonds is 7. The van der Waals surface area contributed by atoms with Crippen molar-refractivity contribution in [1.29, 1.82) is 0 Å². The summed E-state index contributed by atoms with van der Waals surface area (Å²) in [5.74, 6) is 0.360. The molecule has 2 aromatic carbocycles. The molecule has 5 rings (SSSR count). The van der Waals surface area contributed by atoms with Crippen molar-refractivity contribution in [2.75, 3.05) is 25.5 Å². The number of para-hydroxylation sites is 1. The average molecular weight is 519 g/mol. The monoisotopic (exact) mass is 518 g/mol. The molecular weight excluding hydrogens is 496 g/mol. The first-order valence-electron chi connectivity index (χ1n) is 10.5. The first-order chi connectivity index (χ1) is 16.7. The summed E-state index contributed by atoms with van der Waals surface area (Å²) in [6.07, 6.45) is 0.564. The van der Waals surface area contributed by atoms with E-state index in [1.807, 2.05) is 0 Å². The number of H-pyrrole nitrogens is 2.